The Morgan fingerprint density at radius 2 is 2.00 bits per heavy atom. The molecule has 0 aliphatic carbocycles. The SMILES string of the molecule is O[C@]1(c2ccc(F)cc2)CCCOC1. The molecule has 0 amide bonds. The van der Waals surface area contributed by atoms with Crippen LogP contribution < -0.4 is 0 Å². The van der Waals surface area contributed by atoms with Crippen molar-refractivity contribution >= 4 is 0 Å². The standard InChI is InChI=1S/C11H13FO2/c12-10-4-2-9(3-5-10)11(13)6-1-7-14-8-11/h2-5,13H,1,6-8H2/t11-/m1/s1. The molecule has 0 radical (unpaired) electrons. The molecule has 1 aromatic carbocycles. The van der Waals surface area contributed by atoms with Gasteiger partial charge in [0.2, 0.25) is 0 Å². The fourth-order valence-electron chi connectivity index (χ4n) is 1.77. The minimum Gasteiger partial charge on any atom is -0.383 e. The van der Waals surface area contributed by atoms with E-state index in [2.05, 4.69) is 0 Å². The summed E-state index contributed by atoms with van der Waals surface area (Å²) in [6.45, 7) is 1.00. The molecule has 0 spiro atoms. The summed E-state index contributed by atoms with van der Waals surface area (Å²) in [6.07, 6.45) is 1.52. The summed E-state index contributed by atoms with van der Waals surface area (Å²) in [4.78, 5) is 0. The van der Waals surface area contributed by atoms with Crippen LogP contribution in [0.25, 0.3) is 0 Å². The summed E-state index contributed by atoms with van der Waals surface area (Å²) in [5.74, 6) is -0.283. The van der Waals surface area contributed by atoms with E-state index < -0.39 is 5.60 Å². The molecule has 1 fully saturated rings. The van der Waals surface area contributed by atoms with E-state index in [-0.39, 0.29) is 5.82 Å². The van der Waals surface area contributed by atoms with Gasteiger partial charge >= 0.3 is 0 Å². The smallest absolute Gasteiger partial charge is 0.123 e. The molecule has 0 saturated carbocycles. The van der Waals surface area contributed by atoms with Crippen molar-refractivity contribution in [2.75, 3.05) is 13.2 Å². The van der Waals surface area contributed by atoms with Gasteiger partial charge in [0.1, 0.15) is 11.4 Å². The van der Waals surface area contributed by atoms with E-state index in [0.29, 0.717) is 19.6 Å². The zero-order valence-corrected chi connectivity index (χ0v) is 7.87. The topological polar surface area (TPSA) is 29.5 Å². The fourth-order valence-corrected chi connectivity index (χ4v) is 1.77. The Morgan fingerprint density at radius 1 is 1.29 bits per heavy atom. The Hall–Kier alpha value is -0.930. The molecule has 1 atom stereocenters. The predicted molar refractivity (Wildman–Crippen MR) is 50.3 cm³/mol. The first-order chi connectivity index (χ1) is 6.71. The van der Waals surface area contributed by atoms with Crippen LogP contribution in [0.5, 0.6) is 0 Å². The van der Waals surface area contributed by atoms with Crippen LogP contribution in [0.15, 0.2) is 24.3 Å². The van der Waals surface area contributed by atoms with Gasteiger partial charge in [-0.25, -0.2) is 4.39 Å². The van der Waals surface area contributed by atoms with Crippen LogP contribution >= 0.6 is 0 Å². The van der Waals surface area contributed by atoms with Gasteiger partial charge in [-0.1, -0.05) is 12.1 Å². The van der Waals surface area contributed by atoms with E-state index >= 15 is 0 Å². The summed E-state index contributed by atoms with van der Waals surface area (Å²) < 4.78 is 17.9. The molecule has 1 heterocycles. The lowest BCUT2D eigenvalue weighted by atomic mass is 9.88. The maximum Gasteiger partial charge on any atom is 0.123 e. The van der Waals surface area contributed by atoms with Gasteiger partial charge < -0.3 is 9.84 Å². The molecule has 14 heavy (non-hydrogen) atoms. The molecule has 1 aliphatic heterocycles. The minimum atomic E-state index is -0.925. The fraction of sp³-hybridized carbons (Fsp3) is 0.455. The van der Waals surface area contributed by atoms with Gasteiger partial charge in [-0.3, -0.25) is 0 Å². The van der Waals surface area contributed by atoms with Gasteiger partial charge in [-0.15, -0.1) is 0 Å². The third kappa shape index (κ3) is 1.79. The van der Waals surface area contributed by atoms with Crippen molar-refractivity contribution in [1.82, 2.24) is 0 Å². The van der Waals surface area contributed by atoms with Gasteiger partial charge in [0.05, 0.1) is 6.61 Å². The van der Waals surface area contributed by atoms with Crippen LogP contribution in [-0.4, -0.2) is 18.3 Å². The predicted octanol–water partition coefficient (Wildman–Crippen LogP) is 1.82. The van der Waals surface area contributed by atoms with Crippen LogP contribution in [0, 0.1) is 5.82 Å². The van der Waals surface area contributed by atoms with Gasteiger partial charge in [0, 0.05) is 6.61 Å². The third-order valence-electron chi connectivity index (χ3n) is 2.60. The maximum absolute atomic E-state index is 12.7. The molecule has 0 bridgehead atoms. The van der Waals surface area contributed by atoms with Gasteiger partial charge in [0.25, 0.3) is 0 Å². The molecule has 76 valence electrons. The molecule has 0 aromatic heterocycles. The Bertz CT molecular complexity index is 302. The summed E-state index contributed by atoms with van der Waals surface area (Å²) in [5, 5.41) is 10.2. The van der Waals surface area contributed by atoms with Crippen molar-refractivity contribution in [3.8, 4) is 0 Å². The van der Waals surface area contributed by atoms with E-state index in [9.17, 15) is 9.50 Å². The van der Waals surface area contributed by atoms with Crippen LogP contribution in [0.2, 0.25) is 0 Å². The number of ether oxygens (including phenoxy) is 1. The molecular weight excluding hydrogens is 183 g/mol. The molecule has 2 nitrogen and oxygen atoms in total. The molecule has 1 saturated heterocycles. The second kappa shape index (κ2) is 3.67. The van der Waals surface area contributed by atoms with Crippen molar-refractivity contribution in [1.29, 1.82) is 0 Å². The van der Waals surface area contributed by atoms with E-state index in [0.717, 1.165) is 12.0 Å². The molecule has 2 rings (SSSR count). The van der Waals surface area contributed by atoms with Crippen molar-refractivity contribution in [2.45, 2.75) is 18.4 Å². The largest absolute Gasteiger partial charge is 0.383 e. The van der Waals surface area contributed by atoms with Gasteiger partial charge in [0.15, 0.2) is 0 Å². The van der Waals surface area contributed by atoms with Crippen LogP contribution in [0.4, 0.5) is 4.39 Å². The van der Waals surface area contributed by atoms with Crippen molar-refractivity contribution in [2.24, 2.45) is 0 Å². The quantitative estimate of drug-likeness (QED) is 0.742. The lowest BCUT2D eigenvalue weighted by Crippen LogP contribution is -2.35. The molecule has 0 unspecified atom stereocenters. The highest BCUT2D eigenvalue weighted by Crippen LogP contribution is 2.29. The number of hydrogen-bond acceptors (Lipinski definition) is 2. The van der Waals surface area contributed by atoms with E-state index in [1.165, 1.54) is 12.1 Å². The van der Waals surface area contributed by atoms with Crippen molar-refractivity contribution in [3.05, 3.63) is 35.6 Å². The highest BCUT2D eigenvalue weighted by atomic mass is 19.1. The summed E-state index contributed by atoms with van der Waals surface area (Å²) in [7, 11) is 0. The molecule has 1 aliphatic rings. The lowest BCUT2D eigenvalue weighted by molar-refractivity contribution is -0.0903. The Labute approximate surface area is 82.3 Å². The zero-order valence-electron chi connectivity index (χ0n) is 7.87. The first-order valence-corrected chi connectivity index (χ1v) is 4.77. The summed E-state index contributed by atoms with van der Waals surface area (Å²) in [6, 6.07) is 5.96. The lowest BCUT2D eigenvalue weighted by Gasteiger charge is -2.32. The highest BCUT2D eigenvalue weighted by Gasteiger charge is 2.31. The molecule has 1 N–H and O–H groups in total. The number of rotatable bonds is 1. The molecular formula is C11H13FO2. The second-order valence-corrected chi connectivity index (χ2v) is 3.69. The first-order valence-electron chi connectivity index (χ1n) is 4.77. The monoisotopic (exact) mass is 196 g/mol. The third-order valence-corrected chi connectivity index (χ3v) is 2.60. The summed E-state index contributed by atoms with van der Waals surface area (Å²) in [5.41, 5.74) is -0.190. The average Bonchev–Trinajstić information content (AvgIpc) is 2.19. The highest BCUT2D eigenvalue weighted by molar-refractivity contribution is 5.23. The van der Waals surface area contributed by atoms with E-state index in [1.54, 1.807) is 12.1 Å². The molecule has 3 heteroatoms. The van der Waals surface area contributed by atoms with Crippen LogP contribution in [-0.2, 0) is 10.3 Å². The number of benzene rings is 1. The minimum absolute atomic E-state index is 0.283. The Morgan fingerprint density at radius 3 is 2.57 bits per heavy atom. The van der Waals surface area contributed by atoms with E-state index in [1.807, 2.05) is 0 Å². The van der Waals surface area contributed by atoms with Crippen molar-refractivity contribution < 1.29 is 14.2 Å². The number of aliphatic hydroxyl groups is 1. The Balaban J connectivity index is 2.23. The maximum atomic E-state index is 12.7. The summed E-state index contributed by atoms with van der Waals surface area (Å²) >= 11 is 0. The normalized spacial score (nSPS) is 27.6. The second-order valence-electron chi connectivity index (χ2n) is 3.69. The van der Waals surface area contributed by atoms with Crippen LogP contribution in [0.3, 0.4) is 0 Å². The zero-order chi connectivity index (χ0) is 10.0. The first kappa shape index (κ1) is 9.62. The average molecular weight is 196 g/mol. The van der Waals surface area contributed by atoms with Crippen LogP contribution in [0.1, 0.15) is 18.4 Å². The van der Waals surface area contributed by atoms with Gasteiger partial charge in [-0.2, -0.15) is 0 Å². The van der Waals surface area contributed by atoms with E-state index in [4.69, 9.17) is 4.74 Å². The Kier molecular flexibility index (Phi) is 2.52. The van der Waals surface area contributed by atoms with Crippen molar-refractivity contribution in [3.63, 3.8) is 0 Å². The van der Waals surface area contributed by atoms with Gasteiger partial charge in [-0.05, 0) is 30.5 Å². The number of hydrogen-bond donors (Lipinski definition) is 1. The number of halogens is 1. The molecule has 1 aromatic rings.